The number of halogens is 1. The number of carbonyl (C=O) groups excluding carboxylic acids is 2. The second kappa shape index (κ2) is 10.2. The number of carbonyl (C=O) groups is 2. The van der Waals surface area contributed by atoms with Crippen LogP contribution in [0.15, 0.2) is 18.2 Å². The lowest BCUT2D eigenvalue weighted by atomic mass is 10.1. The maximum absolute atomic E-state index is 12.9. The zero-order valence-corrected chi connectivity index (χ0v) is 19.2. The summed E-state index contributed by atoms with van der Waals surface area (Å²) in [5.74, 6) is 0. The summed E-state index contributed by atoms with van der Waals surface area (Å²) in [7, 11) is 0. The zero-order valence-electron chi connectivity index (χ0n) is 18.4. The summed E-state index contributed by atoms with van der Waals surface area (Å²) in [6, 6.07) is 4.89. The summed E-state index contributed by atoms with van der Waals surface area (Å²) in [4.78, 5) is 28.2. The second-order valence-corrected chi connectivity index (χ2v) is 9.06. The van der Waals surface area contributed by atoms with Crippen LogP contribution in [-0.2, 0) is 16.1 Å². The topological polar surface area (TPSA) is 79.3 Å². The molecule has 2 amide bonds. The number of anilines is 1. The molecule has 0 aromatic heterocycles. The highest BCUT2D eigenvalue weighted by Gasteiger charge is 2.27. The number of likely N-dealkylation sites (N-methyl/N-ethyl adjacent to an activating group) is 1. The van der Waals surface area contributed by atoms with E-state index < -0.39 is 23.4 Å². The predicted octanol–water partition coefficient (Wildman–Crippen LogP) is 4.83. The molecule has 1 N–H and O–H groups in total. The van der Waals surface area contributed by atoms with Gasteiger partial charge in [0.25, 0.3) is 0 Å². The Morgan fingerprint density at radius 1 is 1.00 bits per heavy atom. The molecule has 0 radical (unpaired) electrons. The molecule has 0 aliphatic carbocycles. The van der Waals surface area contributed by atoms with Crippen molar-refractivity contribution in [2.45, 2.75) is 66.3 Å². The molecule has 0 aliphatic rings. The Bertz CT molecular complexity index is 710. The fourth-order valence-corrected chi connectivity index (χ4v) is 2.64. The molecule has 0 atom stereocenters. The minimum Gasteiger partial charge on any atom is -0.444 e. The van der Waals surface area contributed by atoms with Crippen molar-refractivity contribution in [3.05, 3.63) is 28.8 Å². The van der Waals surface area contributed by atoms with Gasteiger partial charge in [0.05, 0.1) is 12.3 Å². The number of hydrogen-bond acceptors (Lipinski definition) is 5. The molecule has 0 fully saturated rings. The summed E-state index contributed by atoms with van der Waals surface area (Å²) in [6.07, 6.45) is -1.05. The van der Waals surface area contributed by atoms with E-state index in [4.69, 9.17) is 21.1 Å². The molecule has 29 heavy (non-hydrogen) atoms. The number of amides is 2. The Balaban J connectivity index is 3.14. The van der Waals surface area contributed by atoms with Crippen LogP contribution in [0, 0.1) is 0 Å². The van der Waals surface area contributed by atoms with Crippen LogP contribution in [0.5, 0.6) is 0 Å². The highest BCUT2D eigenvalue weighted by atomic mass is 35.5. The van der Waals surface area contributed by atoms with Crippen LogP contribution in [0.25, 0.3) is 0 Å². The Labute approximate surface area is 178 Å². The van der Waals surface area contributed by atoms with E-state index in [1.807, 2.05) is 6.92 Å². The number of aliphatic hydroxyl groups excluding tert-OH is 1. The minimum absolute atomic E-state index is 0.148. The summed E-state index contributed by atoms with van der Waals surface area (Å²) >= 11 is 6.12. The fraction of sp³-hybridized carbons (Fsp3) is 0.619. The molecular weight excluding hydrogens is 396 g/mol. The SMILES string of the molecule is CCN(CCN(C(=O)OC(C)(C)C)c1cc(Cl)ccc1CO)C(=O)OC(C)(C)C. The fourth-order valence-electron chi connectivity index (χ4n) is 2.47. The Hall–Kier alpha value is -1.99. The predicted molar refractivity (Wildman–Crippen MR) is 114 cm³/mol. The van der Waals surface area contributed by atoms with Gasteiger partial charge in [-0.15, -0.1) is 0 Å². The van der Waals surface area contributed by atoms with Gasteiger partial charge in [-0.3, -0.25) is 4.90 Å². The van der Waals surface area contributed by atoms with Crippen LogP contribution in [0.1, 0.15) is 54.0 Å². The van der Waals surface area contributed by atoms with E-state index >= 15 is 0 Å². The molecule has 0 unspecified atom stereocenters. The maximum atomic E-state index is 12.9. The lowest BCUT2D eigenvalue weighted by molar-refractivity contribution is 0.0258. The molecule has 0 spiro atoms. The van der Waals surface area contributed by atoms with Gasteiger partial charge in [0.2, 0.25) is 0 Å². The van der Waals surface area contributed by atoms with Crippen LogP contribution < -0.4 is 4.90 Å². The first kappa shape index (κ1) is 25.0. The maximum Gasteiger partial charge on any atom is 0.414 e. The van der Waals surface area contributed by atoms with E-state index in [0.29, 0.717) is 22.8 Å². The minimum atomic E-state index is -0.705. The van der Waals surface area contributed by atoms with Gasteiger partial charge >= 0.3 is 12.2 Å². The van der Waals surface area contributed by atoms with Crippen molar-refractivity contribution in [1.29, 1.82) is 0 Å². The summed E-state index contributed by atoms with van der Waals surface area (Å²) in [5.41, 5.74) is -0.356. The third kappa shape index (κ3) is 8.50. The van der Waals surface area contributed by atoms with Crippen LogP contribution in [0.2, 0.25) is 5.02 Å². The zero-order chi connectivity index (χ0) is 22.4. The highest BCUT2D eigenvalue weighted by Crippen LogP contribution is 2.27. The third-order valence-corrected chi connectivity index (χ3v) is 3.98. The van der Waals surface area contributed by atoms with E-state index in [9.17, 15) is 14.7 Å². The number of ether oxygens (including phenoxy) is 2. The normalized spacial score (nSPS) is 11.8. The number of nitrogens with zero attached hydrogens (tertiary/aromatic N) is 2. The van der Waals surface area contributed by atoms with Crippen LogP contribution in [-0.4, -0.2) is 53.0 Å². The number of rotatable bonds is 6. The molecule has 0 saturated heterocycles. The van der Waals surface area contributed by atoms with E-state index in [0.717, 1.165) is 0 Å². The first-order valence-corrected chi connectivity index (χ1v) is 10.0. The van der Waals surface area contributed by atoms with Crippen molar-refractivity contribution in [1.82, 2.24) is 4.90 Å². The molecule has 164 valence electrons. The number of benzene rings is 1. The molecule has 8 heteroatoms. The Kier molecular flexibility index (Phi) is 8.78. The number of hydrogen-bond donors (Lipinski definition) is 1. The van der Waals surface area contributed by atoms with Gasteiger partial charge in [0, 0.05) is 30.2 Å². The first-order chi connectivity index (χ1) is 13.3. The standard InChI is InChI=1S/C21H33ClN2O5/c1-8-23(18(26)28-20(2,3)4)11-12-24(19(27)29-21(5,6)7)17-13-16(22)10-9-15(17)14-25/h9-10,13,25H,8,11-12,14H2,1-7H3. The van der Waals surface area contributed by atoms with Crippen LogP contribution >= 0.6 is 11.6 Å². The van der Waals surface area contributed by atoms with Crippen LogP contribution in [0.3, 0.4) is 0 Å². The highest BCUT2D eigenvalue weighted by molar-refractivity contribution is 6.31. The van der Waals surface area contributed by atoms with Gasteiger partial charge in [-0.05, 0) is 60.6 Å². The van der Waals surface area contributed by atoms with Gasteiger partial charge in [-0.25, -0.2) is 9.59 Å². The van der Waals surface area contributed by atoms with Crippen molar-refractivity contribution in [3.8, 4) is 0 Å². The smallest absolute Gasteiger partial charge is 0.414 e. The molecule has 0 bridgehead atoms. The molecule has 0 saturated carbocycles. The summed E-state index contributed by atoms with van der Waals surface area (Å²) < 4.78 is 11.0. The van der Waals surface area contributed by atoms with Crippen molar-refractivity contribution in [3.63, 3.8) is 0 Å². The quantitative estimate of drug-likeness (QED) is 0.701. The monoisotopic (exact) mass is 428 g/mol. The lowest BCUT2D eigenvalue weighted by Crippen LogP contribution is -2.44. The van der Waals surface area contributed by atoms with E-state index in [1.165, 1.54) is 9.80 Å². The average Bonchev–Trinajstić information content (AvgIpc) is 2.55. The van der Waals surface area contributed by atoms with Gasteiger partial charge in [0.15, 0.2) is 0 Å². The van der Waals surface area contributed by atoms with E-state index in [1.54, 1.807) is 59.7 Å². The molecule has 7 nitrogen and oxygen atoms in total. The van der Waals surface area contributed by atoms with Crippen molar-refractivity contribution in [2.24, 2.45) is 0 Å². The summed E-state index contributed by atoms with van der Waals surface area (Å²) in [6.45, 7) is 13.1. The van der Waals surface area contributed by atoms with Gasteiger partial charge < -0.3 is 19.5 Å². The van der Waals surface area contributed by atoms with Crippen LogP contribution in [0.4, 0.5) is 15.3 Å². The molecular formula is C21H33ClN2O5. The molecule has 0 aliphatic heterocycles. The Morgan fingerprint density at radius 3 is 2.03 bits per heavy atom. The number of aliphatic hydroxyl groups is 1. The lowest BCUT2D eigenvalue weighted by Gasteiger charge is -2.31. The molecule has 0 heterocycles. The molecule has 1 aromatic carbocycles. The van der Waals surface area contributed by atoms with E-state index in [-0.39, 0.29) is 19.7 Å². The van der Waals surface area contributed by atoms with Crippen molar-refractivity contribution >= 4 is 29.5 Å². The molecule has 1 aromatic rings. The molecule has 1 rings (SSSR count). The van der Waals surface area contributed by atoms with Crippen molar-refractivity contribution < 1.29 is 24.2 Å². The third-order valence-electron chi connectivity index (χ3n) is 3.75. The second-order valence-electron chi connectivity index (χ2n) is 8.62. The van der Waals surface area contributed by atoms with Gasteiger partial charge in [-0.1, -0.05) is 17.7 Å². The largest absolute Gasteiger partial charge is 0.444 e. The Morgan fingerprint density at radius 2 is 1.55 bits per heavy atom. The first-order valence-electron chi connectivity index (χ1n) is 9.65. The average molecular weight is 429 g/mol. The van der Waals surface area contributed by atoms with Gasteiger partial charge in [0.1, 0.15) is 11.2 Å². The van der Waals surface area contributed by atoms with Crippen molar-refractivity contribution in [2.75, 3.05) is 24.5 Å². The summed E-state index contributed by atoms with van der Waals surface area (Å²) in [5, 5.41) is 10.1. The van der Waals surface area contributed by atoms with Gasteiger partial charge in [-0.2, -0.15) is 0 Å². The van der Waals surface area contributed by atoms with E-state index in [2.05, 4.69) is 0 Å².